The van der Waals surface area contributed by atoms with E-state index in [4.69, 9.17) is 0 Å². The second-order valence-corrected chi connectivity index (χ2v) is 4.70. The Hall–Kier alpha value is 0.122. The van der Waals surface area contributed by atoms with E-state index in [1.807, 2.05) is 32.0 Å². The van der Waals surface area contributed by atoms with Gasteiger partial charge in [-0.3, -0.25) is 0 Å². The van der Waals surface area contributed by atoms with Gasteiger partial charge in [0.1, 0.15) is 0 Å². The van der Waals surface area contributed by atoms with Gasteiger partial charge in [0.05, 0.1) is 0 Å². The van der Waals surface area contributed by atoms with Crippen LogP contribution >= 0.6 is 0 Å². The van der Waals surface area contributed by atoms with Gasteiger partial charge in [0.25, 0.3) is 0 Å². The van der Waals surface area contributed by atoms with Crippen molar-refractivity contribution in [3.05, 3.63) is 41.3 Å². The second-order valence-electron chi connectivity index (χ2n) is 4.70. The van der Waals surface area contributed by atoms with Crippen LogP contribution in [0.3, 0.4) is 0 Å². The molecule has 18 heavy (non-hydrogen) atoms. The molecule has 1 heterocycles. The Morgan fingerprint density at radius 2 is 2.00 bits per heavy atom. The van der Waals surface area contributed by atoms with Gasteiger partial charge in [-0.25, -0.2) is 0 Å². The predicted molar refractivity (Wildman–Crippen MR) is 71.4 cm³/mol. The molecule has 0 saturated heterocycles. The fourth-order valence-corrected chi connectivity index (χ4v) is 1.89. The van der Waals surface area contributed by atoms with E-state index < -0.39 is 6.10 Å². The van der Waals surface area contributed by atoms with Crippen molar-refractivity contribution >= 4 is 10.9 Å². The van der Waals surface area contributed by atoms with Crippen LogP contribution in [0.15, 0.2) is 30.3 Å². The summed E-state index contributed by atoms with van der Waals surface area (Å²) in [5.41, 5.74) is 2.19. The molecule has 0 aliphatic heterocycles. The van der Waals surface area contributed by atoms with Crippen molar-refractivity contribution in [3.63, 3.8) is 0 Å². The summed E-state index contributed by atoms with van der Waals surface area (Å²) in [6, 6.07) is 10.5. The van der Waals surface area contributed by atoms with E-state index in [9.17, 15) is 5.11 Å². The monoisotopic (exact) mass is 458 g/mol. The number of H-pyrrole nitrogens is 1. The summed E-state index contributed by atoms with van der Waals surface area (Å²) in [4.78, 5) is 3.31. The molecular formula is C14H19AcN2O-. The molecule has 0 fully saturated rings. The van der Waals surface area contributed by atoms with Crippen LogP contribution in [-0.4, -0.2) is 28.8 Å². The predicted octanol–water partition coefficient (Wildman–Crippen LogP) is 2.85. The molecule has 4 heteroatoms. The minimum absolute atomic E-state index is 0. The Labute approximate surface area is 144 Å². The Morgan fingerprint density at radius 1 is 1.28 bits per heavy atom. The summed E-state index contributed by atoms with van der Waals surface area (Å²) in [5, 5.41) is 15.4. The number of aromatic amines is 1. The standard InChI is InChI=1S/C14H19N2O.Ac/c1-10(2)15-9-13(17)8-12-7-11-5-3-4-6-14(11)16-12;/h3-7,10,13,16-17H,8-9H2,1-2H3;/q-1;/t13-;/m1./s1. The van der Waals surface area contributed by atoms with Gasteiger partial charge in [-0.1, -0.05) is 32.0 Å². The number of aromatic nitrogens is 1. The Kier molecular flexibility index (Phi) is 6.87. The van der Waals surface area contributed by atoms with E-state index in [2.05, 4.69) is 22.4 Å². The van der Waals surface area contributed by atoms with E-state index >= 15 is 0 Å². The number of benzene rings is 1. The van der Waals surface area contributed by atoms with Crippen molar-refractivity contribution in [2.24, 2.45) is 0 Å². The topological polar surface area (TPSA) is 50.1 Å². The van der Waals surface area contributed by atoms with Gasteiger partial charge >= 0.3 is 0 Å². The summed E-state index contributed by atoms with van der Waals surface area (Å²) >= 11 is 0. The Morgan fingerprint density at radius 3 is 2.67 bits per heavy atom. The summed E-state index contributed by atoms with van der Waals surface area (Å²) in [6.45, 7) is 4.55. The SMILES string of the molecule is CC(C)[N-]C[C@H](O)Cc1cc2ccccc2[nH]1.[Ac]. The molecular weight excluding hydrogens is 439 g/mol. The van der Waals surface area contributed by atoms with Crippen LogP contribution in [0.4, 0.5) is 0 Å². The molecule has 1 aromatic carbocycles. The molecule has 0 bridgehead atoms. The number of hydrogen-bond donors (Lipinski definition) is 2. The molecule has 2 rings (SSSR count). The summed E-state index contributed by atoms with van der Waals surface area (Å²) < 4.78 is 0. The first-order valence-corrected chi connectivity index (χ1v) is 6.06. The van der Waals surface area contributed by atoms with Crippen molar-refractivity contribution in [2.45, 2.75) is 32.4 Å². The average molecular weight is 458 g/mol. The molecule has 1 aromatic heterocycles. The van der Waals surface area contributed by atoms with Crippen LogP contribution in [0.25, 0.3) is 16.2 Å². The molecule has 3 nitrogen and oxygen atoms in total. The van der Waals surface area contributed by atoms with E-state index in [-0.39, 0.29) is 50.1 Å². The van der Waals surface area contributed by atoms with Crippen LogP contribution < -0.4 is 0 Å². The van der Waals surface area contributed by atoms with Gasteiger partial charge in [0.15, 0.2) is 0 Å². The molecule has 0 aliphatic rings. The van der Waals surface area contributed by atoms with Crippen molar-refractivity contribution in [1.29, 1.82) is 0 Å². The molecule has 0 saturated carbocycles. The fourth-order valence-electron chi connectivity index (χ4n) is 1.89. The van der Waals surface area contributed by atoms with Gasteiger partial charge in [-0.05, 0) is 17.5 Å². The Balaban J connectivity index is 0.00000162. The van der Waals surface area contributed by atoms with Crippen molar-refractivity contribution in [1.82, 2.24) is 4.98 Å². The largest absolute Gasteiger partial charge is 0.658 e. The van der Waals surface area contributed by atoms with E-state index in [0.29, 0.717) is 13.0 Å². The first-order valence-electron chi connectivity index (χ1n) is 6.06. The average Bonchev–Trinajstić information content (AvgIpc) is 2.68. The zero-order chi connectivity index (χ0) is 12.3. The molecule has 1 atom stereocenters. The smallest absolute Gasteiger partial charge is 0.0456 e. The molecule has 2 aromatic rings. The van der Waals surface area contributed by atoms with Crippen molar-refractivity contribution in [2.75, 3.05) is 6.54 Å². The number of nitrogens with one attached hydrogen (secondary N) is 1. The van der Waals surface area contributed by atoms with Crippen LogP contribution in [0, 0.1) is 44.1 Å². The minimum atomic E-state index is -0.398. The normalized spacial score (nSPS) is 12.7. The third kappa shape index (κ3) is 4.66. The van der Waals surface area contributed by atoms with Gasteiger partial charge < -0.3 is 15.4 Å². The number of aliphatic hydroxyl groups excluding tert-OH is 1. The van der Waals surface area contributed by atoms with Crippen molar-refractivity contribution < 1.29 is 49.2 Å². The number of fused-ring (bicyclic) bond motifs is 1. The number of aliphatic hydroxyl groups is 1. The first-order chi connectivity index (χ1) is 8.15. The number of hydrogen-bond acceptors (Lipinski definition) is 1. The van der Waals surface area contributed by atoms with E-state index in [0.717, 1.165) is 11.2 Å². The molecule has 1 radical (unpaired) electrons. The number of rotatable bonds is 5. The Bertz CT molecular complexity index is 448. The van der Waals surface area contributed by atoms with E-state index in [1.54, 1.807) is 0 Å². The fraction of sp³-hybridized carbons (Fsp3) is 0.429. The zero-order valence-electron chi connectivity index (χ0n) is 10.9. The maximum atomic E-state index is 9.86. The molecule has 2 N–H and O–H groups in total. The maximum Gasteiger partial charge on any atom is 0.0456 e. The molecule has 0 spiro atoms. The van der Waals surface area contributed by atoms with Gasteiger partial charge in [-0.2, -0.15) is 0 Å². The number of nitrogens with zero attached hydrogens (tertiary/aromatic N) is 1. The molecule has 0 aliphatic carbocycles. The minimum Gasteiger partial charge on any atom is -0.658 e. The molecule has 0 unspecified atom stereocenters. The van der Waals surface area contributed by atoms with Crippen LogP contribution in [0.2, 0.25) is 0 Å². The van der Waals surface area contributed by atoms with Gasteiger partial charge in [0.2, 0.25) is 0 Å². The van der Waals surface area contributed by atoms with Gasteiger partial charge in [0, 0.05) is 67.8 Å². The maximum absolute atomic E-state index is 9.86. The first kappa shape index (κ1) is 16.2. The molecule has 95 valence electrons. The van der Waals surface area contributed by atoms with Crippen LogP contribution in [-0.2, 0) is 6.42 Å². The molecule has 0 amide bonds. The summed E-state index contributed by atoms with van der Waals surface area (Å²) in [6.07, 6.45) is 0.232. The van der Waals surface area contributed by atoms with E-state index in [1.165, 1.54) is 5.39 Å². The van der Waals surface area contributed by atoms with Crippen LogP contribution in [0.5, 0.6) is 0 Å². The second kappa shape index (κ2) is 7.65. The van der Waals surface area contributed by atoms with Gasteiger partial charge in [-0.15, -0.1) is 12.6 Å². The summed E-state index contributed by atoms with van der Waals surface area (Å²) in [7, 11) is 0. The third-order valence-corrected chi connectivity index (χ3v) is 2.72. The third-order valence-electron chi connectivity index (χ3n) is 2.72. The summed E-state index contributed by atoms with van der Waals surface area (Å²) in [5.74, 6) is 0. The zero-order valence-corrected chi connectivity index (χ0v) is 15.7. The van der Waals surface area contributed by atoms with Crippen molar-refractivity contribution in [3.8, 4) is 0 Å². The number of para-hydroxylation sites is 1. The quantitative estimate of drug-likeness (QED) is 0.712. The van der Waals surface area contributed by atoms with Crippen LogP contribution in [0.1, 0.15) is 19.5 Å².